The van der Waals surface area contributed by atoms with Gasteiger partial charge in [-0.05, 0) is 6.42 Å². The van der Waals surface area contributed by atoms with E-state index in [-0.39, 0.29) is 5.75 Å². The molecule has 0 bridgehead atoms. The Labute approximate surface area is 102 Å². The summed E-state index contributed by atoms with van der Waals surface area (Å²) < 4.78 is 20.6. The van der Waals surface area contributed by atoms with Crippen LogP contribution in [0.25, 0.3) is 0 Å². The van der Waals surface area contributed by atoms with Crippen LogP contribution < -0.4 is 5.14 Å². The van der Waals surface area contributed by atoms with Crippen molar-refractivity contribution in [1.29, 1.82) is 0 Å². The summed E-state index contributed by atoms with van der Waals surface area (Å²) in [7, 11) is -3.20. The highest BCUT2D eigenvalue weighted by atomic mass is 32.2. The Morgan fingerprint density at radius 3 is 1.71 bits per heavy atom. The zero-order valence-corrected chi connectivity index (χ0v) is 10.6. The third-order valence-corrected chi connectivity index (χ3v) is 2.29. The molecule has 1 aromatic rings. The molecular formula is C9H18N4O3S. The lowest BCUT2D eigenvalue weighted by molar-refractivity contribution is -0.0979. The van der Waals surface area contributed by atoms with Crippen molar-refractivity contribution >= 4 is 16.8 Å². The summed E-state index contributed by atoms with van der Waals surface area (Å²) >= 11 is 0. The molecule has 0 atom stereocenters. The van der Waals surface area contributed by atoms with Crippen molar-refractivity contribution in [2.45, 2.75) is 26.2 Å². The Balaban J connectivity index is 0. The molecule has 7 nitrogen and oxygen atoms in total. The smallest absolute Gasteiger partial charge is 0.209 e. The standard InChI is InChI=1S/C5H13NO2S.C3H3N3.CH2O/c1-2-3-4-5-9(6,7)8;1-4-2-6-3-5-1;1-2/h2-5H2,1H3,(H2,6,7,8);1-3H;1H2. The van der Waals surface area contributed by atoms with Gasteiger partial charge in [-0.15, -0.1) is 0 Å². The minimum atomic E-state index is -3.20. The lowest BCUT2D eigenvalue weighted by Crippen LogP contribution is -2.16. The number of carbonyl (C=O) groups excluding carboxylic acids is 1. The fourth-order valence-electron chi connectivity index (χ4n) is 0.758. The Kier molecular flexibility index (Phi) is 13.4. The van der Waals surface area contributed by atoms with E-state index in [2.05, 4.69) is 15.0 Å². The molecule has 1 aromatic heterocycles. The lowest BCUT2D eigenvalue weighted by atomic mass is 10.3. The summed E-state index contributed by atoms with van der Waals surface area (Å²) in [5, 5.41) is 4.75. The SMILES string of the molecule is C=O.CCCCCS(N)(=O)=O.c1ncncn1. The van der Waals surface area contributed by atoms with Crippen LogP contribution in [0.5, 0.6) is 0 Å². The second-order valence-corrected chi connectivity index (χ2v) is 4.60. The minimum Gasteiger partial charge on any atom is -0.307 e. The molecule has 1 heterocycles. The van der Waals surface area contributed by atoms with Gasteiger partial charge in [-0.25, -0.2) is 28.5 Å². The van der Waals surface area contributed by atoms with Gasteiger partial charge in [0.25, 0.3) is 0 Å². The van der Waals surface area contributed by atoms with Crippen molar-refractivity contribution in [3.63, 3.8) is 0 Å². The predicted molar refractivity (Wildman–Crippen MR) is 64.4 cm³/mol. The highest BCUT2D eigenvalue weighted by Gasteiger charge is 1.99. The normalized spacial score (nSPS) is 9.29. The average molecular weight is 262 g/mol. The molecule has 2 N–H and O–H groups in total. The Morgan fingerprint density at radius 1 is 1.06 bits per heavy atom. The quantitative estimate of drug-likeness (QED) is 0.772. The molecule has 0 saturated heterocycles. The van der Waals surface area contributed by atoms with Crippen LogP contribution >= 0.6 is 0 Å². The monoisotopic (exact) mass is 262 g/mol. The second-order valence-electron chi connectivity index (χ2n) is 2.87. The molecule has 98 valence electrons. The number of aromatic nitrogens is 3. The zero-order chi connectivity index (χ0) is 13.6. The molecule has 0 saturated carbocycles. The van der Waals surface area contributed by atoms with E-state index in [4.69, 9.17) is 9.93 Å². The van der Waals surface area contributed by atoms with Crippen LogP contribution in [-0.4, -0.2) is 35.9 Å². The van der Waals surface area contributed by atoms with E-state index in [0.29, 0.717) is 6.42 Å². The maximum absolute atomic E-state index is 10.3. The van der Waals surface area contributed by atoms with E-state index in [0.717, 1.165) is 12.8 Å². The topological polar surface area (TPSA) is 116 Å². The number of carbonyl (C=O) groups is 1. The fraction of sp³-hybridized carbons (Fsp3) is 0.556. The summed E-state index contributed by atoms with van der Waals surface area (Å²) in [6.45, 7) is 4.02. The van der Waals surface area contributed by atoms with Crippen molar-refractivity contribution < 1.29 is 13.2 Å². The van der Waals surface area contributed by atoms with E-state index in [9.17, 15) is 8.42 Å². The van der Waals surface area contributed by atoms with Crippen LogP contribution in [0, 0.1) is 0 Å². The van der Waals surface area contributed by atoms with Gasteiger partial charge in [-0.1, -0.05) is 19.8 Å². The first kappa shape index (κ1) is 18.0. The molecular weight excluding hydrogens is 244 g/mol. The van der Waals surface area contributed by atoms with E-state index in [1.54, 1.807) is 0 Å². The average Bonchev–Trinajstić information content (AvgIpc) is 2.33. The summed E-state index contributed by atoms with van der Waals surface area (Å²) in [6, 6.07) is 0. The summed E-state index contributed by atoms with van der Waals surface area (Å²) in [6.07, 6.45) is 6.97. The maximum atomic E-state index is 10.3. The van der Waals surface area contributed by atoms with Crippen molar-refractivity contribution in [3.8, 4) is 0 Å². The molecule has 0 fully saturated rings. The Hall–Kier alpha value is -1.41. The van der Waals surface area contributed by atoms with Gasteiger partial charge < -0.3 is 4.79 Å². The third-order valence-electron chi connectivity index (χ3n) is 1.43. The van der Waals surface area contributed by atoms with Gasteiger partial charge in [0, 0.05) is 0 Å². The van der Waals surface area contributed by atoms with Gasteiger partial charge in [-0.3, -0.25) is 0 Å². The molecule has 0 radical (unpaired) electrons. The first-order chi connectivity index (χ1) is 8.06. The van der Waals surface area contributed by atoms with Gasteiger partial charge in [0.2, 0.25) is 10.0 Å². The summed E-state index contributed by atoms with van der Waals surface area (Å²) in [5.74, 6) is 0.126. The van der Waals surface area contributed by atoms with E-state index < -0.39 is 10.0 Å². The number of unbranched alkanes of at least 4 members (excludes halogenated alkanes) is 2. The number of hydrogen-bond donors (Lipinski definition) is 1. The van der Waals surface area contributed by atoms with Crippen molar-refractivity contribution in [1.82, 2.24) is 15.0 Å². The molecule has 8 heteroatoms. The second kappa shape index (κ2) is 12.7. The molecule has 0 amide bonds. The van der Waals surface area contributed by atoms with Gasteiger partial charge in [-0.2, -0.15) is 0 Å². The van der Waals surface area contributed by atoms with Crippen molar-refractivity contribution in [2.75, 3.05) is 5.75 Å². The zero-order valence-electron chi connectivity index (χ0n) is 9.82. The molecule has 1 rings (SSSR count). The number of nitrogens with zero attached hydrogens (tertiary/aromatic N) is 3. The van der Waals surface area contributed by atoms with Gasteiger partial charge in [0.1, 0.15) is 25.8 Å². The van der Waals surface area contributed by atoms with E-state index in [1.165, 1.54) is 19.0 Å². The molecule has 0 aliphatic rings. The first-order valence-electron chi connectivity index (χ1n) is 4.90. The number of primary sulfonamides is 1. The summed E-state index contributed by atoms with van der Waals surface area (Å²) in [5.41, 5.74) is 0. The third kappa shape index (κ3) is 20.6. The number of nitrogens with two attached hydrogens (primary N) is 1. The number of sulfonamides is 1. The maximum Gasteiger partial charge on any atom is 0.209 e. The van der Waals surface area contributed by atoms with Crippen LogP contribution in [0.4, 0.5) is 0 Å². The molecule has 0 aliphatic heterocycles. The molecule has 0 aromatic carbocycles. The minimum absolute atomic E-state index is 0.126. The highest BCUT2D eigenvalue weighted by molar-refractivity contribution is 7.89. The van der Waals surface area contributed by atoms with Crippen LogP contribution in [0.2, 0.25) is 0 Å². The molecule has 0 aliphatic carbocycles. The van der Waals surface area contributed by atoms with Gasteiger partial charge in [0.05, 0.1) is 5.75 Å². The van der Waals surface area contributed by atoms with Gasteiger partial charge in [0.15, 0.2) is 0 Å². The summed E-state index contributed by atoms with van der Waals surface area (Å²) in [4.78, 5) is 18.7. The Morgan fingerprint density at radius 2 is 1.47 bits per heavy atom. The van der Waals surface area contributed by atoms with E-state index in [1.807, 2.05) is 13.7 Å². The largest absolute Gasteiger partial charge is 0.307 e. The van der Waals surface area contributed by atoms with Crippen LogP contribution in [0.15, 0.2) is 19.0 Å². The highest BCUT2D eigenvalue weighted by Crippen LogP contribution is 1.94. The van der Waals surface area contributed by atoms with Gasteiger partial charge >= 0.3 is 0 Å². The predicted octanol–water partition coefficient (Wildman–Crippen LogP) is 0.152. The number of rotatable bonds is 4. The van der Waals surface area contributed by atoms with Crippen LogP contribution in [0.1, 0.15) is 26.2 Å². The van der Waals surface area contributed by atoms with Crippen LogP contribution in [0.3, 0.4) is 0 Å². The molecule has 0 unspecified atom stereocenters. The lowest BCUT2D eigenvalue weighted by Gasteiger charge is -1.94. The first-order valence-corrected chi connectivity index (χ1v) is 6.62. The van der Waals surface area contributed by atoms with E-state index >= 15 is 0 Å². The number of hydrogen-bond acceptors (Lipinski definition) is 6. The molecule has 17 heavy (non-hydrogen) atoms. The Bertz CT molecular complexity index is 318. The van der Waals surface area contributed by atoms with Crippen molar-refractivity contribution in [3.05, 3.63) is 19.0 Å². The van der Waals surface area contributed by atoms with Crippen LogP contribution in [-0.2, 0) is 14.8 Å². The molecule has 0 spiro atoms. The van der Waals surface area contributed by atoms with Crippen molar-refractivity contribution in [2.24, 2.45) is 5.14 Å². The fourth-order valence-corrected chi connectivity index (χ4v) is 1.36.